The van der Waals surface area contributed by atoms with E-state index >= 15 is 0 Å². The summed E-state index contributed by atoms with van der Waals surface area (Å²) in [5.41, 5.74) is 1.06. The van der Waals surface area contributed by atoms with Crippen LogP contribution in [-0.2, 0) is 19.2 Å². The number of aliphatic carboxylic acids is 2. The lowest BCUT2D eigenvalue weighted by molar-refractivity contribution is -0.148. The van der Waals surface area contributed by atoms with E-state index in [1.165, 1.54) is 6.07 Å². The number of carboxylic acids is 2. The van der Waals surface area contributed by atoms with Crippen LogP contribution in [-0.4, -0.2) is 40.5 Å². The quantitative estimate of drug-likeness (QED) is 0.447. The number of nitrogens with one attached hydrogen (secondary N) is 1. The molecule has 0 fully saturated rings. The van der Waals surface area contributed by atoms with Crippen molar-refractivity contribution in [3.8, 4) is 6.07 Å². The summed E-state index contributed by atoms with van der Waals surface area (Å²) in [6.45, 7) is -0.180. The zero-order valence-electron chi connectivity index (χ0n) is 18.0. The number of rotatable bonds is 6. The van der Waals surface area contributed by atoms with Crippen LogP contribution in [0.3, 0.4) is 0 Å². The number of hydrogen-bond donors (Lipinski definition) is 3. The summed E-state index contributed by atoms with van der Waals surface area (Å²) in [7, 11) is 0. The number of carbonyl (C=O) groups is 4. The van der Waals surface area contributed by atoms with Gasteiger partial charge in [0.15, 0.2) is 0 Å². The molecule has 2 amide bonds. The lowest BCUT2D eigenvalue weighted by Crippen LogP contribution is -2.40. The van der Waals surface area contributed by atoms with Crippen molar-refractivity contribution in [2.45, 2.75) is 5.92 Å². The van der Waals surface area contributed by atoms with Gasteiger partial charge in [0.25, 0.3) is 0 Å². The van der Waals surface area contributed by atoms with Crippen LogP contribution in [0, 0.1) is 11.3 Å². The number of carbonyl (C=O) groups excluding carboxylic acids is 2. The fourth-order valence-corrected chi connectivity index (χ4v) is 3.76. The minimum absolute atomic E-state index is 0.0794. The Balaban J connectivity index is 2.17. The van der Waals surface area contributed by atoms with Crippen molar-refractivity contribution >= 4 is 46.7 Å². The third-order valence-corrected chi connectivity index (χ3v) is 5.51. The summed E-state index contributed by atoms with van der Waals surface area (Å²) >= 11 is 6.40. The van der Waals surface area contributed by atoms with E-state index in [0.29, 0.717) is 0 Å². The number of anilines is 2. The molecule has 9 nitrogen and oxygen atoms in total. The zero-order valence-corrected chi connectivity index (χ0v) is 18.8. The molecule has 0 saturated heterocycles. The van der Waals surface area contributed by atoms with E-state index in [4.69, 9.17) is 16.7 Å². The summed E-state index contributed by atoms with van der Waals surface area (Å²) in [6, 6.07) is 22.3. The minimum atomic E-state index is -1.79. The van der Waals surface area contributed by atoms with Gasteiger partial charge in [-0.25, -0.2) is 9.59 Å². The van der Waals surface area contributed by atoms with Gasteiger partial charge in [0, 0.05) is 12.5 Å². The third kappa shape index (κ3) is 5.82. The van der Waals surface area contributed by atoms with Gasteiger partial charge in [-0.15, -0.1) is 0 Å². The number of nitrogens with zero attached hydrogens (tertiary/aromatic N) is 2. The second kappa shape index (κ2) is 11.0. The minimum Gasteiger partial charge on any atom is -0.474 e. The molecule has 0 unspecified atom stereocenters. The van der Waals surface area contributed by atoms with Crippen molar-refractivity contribution in [3.05, 3.63) is 94.5 Å². The smallest absolute Gasteiger partial charge is 0.394 e. The summed E-state index contributed by atoms with van der Waals surface area (Å²) < 4.78 is 0. The van der Waals surface area contributed by atoms with Gasteiger partial charge in [-0.2, -0.15) is 5.26 Å². The highest BCUT2D eigenvalue weighted by atomic mass is 35.5. The SMILES string of the molecule is N#Cc1cc(NC(=O)C(=O)O)c(Cl)c(N(CC(c2ccccc2)c2ccccc2)C(=O)C(=O)O)c1. The fraction of sp³-hybridized carbons (Fsp3) is 0.0800. The van der Waals surface area contributed by atoms with E-state index in [1.54, 1.807) is 24.3 Å². The van der Waals surface area contributed by atoms with Crippen molar-refractivity contribution in [3.63, 3.8) is 0 Å². The van der Waals surface area contributed by atoms with E-state index in [2.05, 4.69) is 5.32 Å². The molecule has 3 aromatic carbocycles. The lowest BCUT2D eigenvalue weighted by Gasteiger charge is -2.28. The van der Waals surface area contributed by atoms with E-state index in [-0.39, 0.29) is 28.5 Å². The van der Waals surface area contributed by atoms with Crippen molar-refractivity contribution in [2.75, 3.05) is 16.8 Å². The largest absolute Gasteiger partial charge is 0.474 e. The van der Waals surface area contributed by atoms with E-state index < -0.39 is 29.7 Å². The van der Waals surface area contributed by atoms with Gasteiger partial charge >= 0.3 is 23.8 Å². The average molecular weight is 492 g/mol. The van der Waals surface area contributed by atoms with Crippen LogP contribution in [0.2, 0.25) is 5.02 Å². The van der Waals surface area contributed by atoms with Gasteiger partial charge in [-0.05, 0) is 23.3 Å². The number of amides is 2. The Bertz CT molecular complexity index is 1280. The lowest BCUT2D eigenvalue weighted by atomic mass is 9.90. The highest BCUT2D eigenvalue weighted by Crippen LogP contribution is 2.37. The van der Waals surface area contributed by atoms with Gasteiger partial charge in [-0.3, -0.25) is 9.59 Å². The summed E-state index contributed by atoms with van der Waals surface area (Å²) in [4.78, 5) is 48.2. The third-order valence-electron chi connectivity index (χ3n) is 5.11. The van der Waals surface area contributed by atoms with Gasteiger partial charge in [-0.1, -0.05) is 72.3 Å². The standard InChI is InChI=1S/C25H18ClN3O6/c26-21-19(28-22(30)24(32)33)11-15(13-27)12-20(21)29(23(31)25(34)35)14-18(16-7-3-1-4-8-16)17-9-5-2-6-10-17/h1-12,18H,14H2,(H,28,30)(H,32,33)(H,34,35). The van der Waals surface area contributed by atoms with Crippen LogP contribution < -0.4 is 10.2 Å². The van der Waals surface area contributed by atoms with Crippen LogP contribution in [0.15, 0.2) is 72.8 Å². The molecule has 3 N–H and O–H groups in total. The first-order chi connectivity index (χ1) is 16.7. The molecule has 35 heavy (non-hydrogen) atoms. The molecule has 0 aliphatic carbocycles. The molecular weight excluding hydrogens is 474 g/mol. The highest BCUT2D eigenvalue weighted by molar-refractivity contribution is 6.42. The topological polar surface area (TPSA) is 148 Å². The molecule has 10 heteroatoms. The maximum Gasteiger partial charge on any atom is 0.394 e. The van der Waals surface area contributed by atoms with Crippen molar-refractivity contribution in [2.24, 2.45) is 0 Å². The van der Waals surface area contributed by atoms with Gasteiger partial charge in [0.05, 0.1) is 28.0 Å². The Kier molecular flexibility index (Phi) is 7.81. The molecule has 0 heterocycles. The zero-order chi connectivity index (χ0) is 25.5. The molecule has 3 aromatic rings. The second-order valence-electron chi connectivity index (χ2n) is 7.32. The van der Waals surface area contributed by atoms with Crippen LogP contribution in [0.25, 0.3) is 0 Å². The van der Waals surface area contributed by atoms with E-state index in [9.17, 15) is 29.5 Å². The van der Waals surface area contributed by atoms with Crippen LogP contribution in [0.4, 0.5) is 11.4 Å². The Morgan fingerprint density at radius 3 is 1.91 bits per heavy atom. The first-order valence-corrected chi connectivity index (χ1v) is 10.5. The molecule has 0 saturated carbocycles. The second-order valence-corrected chi connectivity index (χ2v) is 7.70. The molecule has 0 radical (unpaired) electrons. The first kappa shape index (κ1) is 25.0. The van der Waals surface area contributed by atoms with Gasteiger partial charge < -0.3 is 20.4 Å². The highest BCUT2D eigenvalue weighted by Gasteiger charge is 2.30. The number of carboxylic acid groups (broad SMARTS) is 2. The molecule has 0 atom stereocenters. The number of benzene rings is 3. The Morgan fingerprint density at radius 1 is 0.914 bits per heavy atom. The monoisotopic (exact) mass is 491 g/mol. The van der Waals surface area contributed by atoms with E-state index in [0.717, 1.165) is 22.1 Å². The van der Waals surface area contributed by atoms with Crippen LogP contribution >= 0.6 is 11.6 Å². The Hall–Kier alpha value is -4.68. The fourth-order valence-electron chi connectivity index (χ4n) is 3.50. The van der Waals surface area contributed by atoms with E-state index in [1.807, 2.05) is 42.5 Å². The molecule has 0 spiro atoms. The van der Waals surface area contributed by atoms with Crippen LogP contribution in [0.1, 0.15) is 22.6 Å². The molecule has 0 aliphatic rings. The predicted molar refractivity (Wildman–Crippen MR) is 127 cm³/mol. The maximum absolute atomic E-state index is 12.8. The first-order valence-electron chi connectivity index (χ1n) is 10.2. The predicted octanol–water partition coefficient (Wildman–Crippen LogP) is 3.48. The van der Waals surface area contributed by atoms with Crippen LogP contribution in [0.5, 0.6) is 0 Å². The summed E-state index contributed by atoms with van der Waals surface area (Å²) in [5.74, 6) is -6.79. The Morgan fingerprint density at radius 2 is 1.46 bits per heavy atom. The number of halogens is 1. The van der Waals surface area contributed by atoms with Crippen molar-refractivity contribution in [1.29, 1.82) is 5.26 Å². The van der Waals surface area contributed by atoms with Crippen molar-refractivity contribution in [1.82, 2.24) is 0 Å². The molecule has 0 aromatic heterocycles. The summed E-state index contributed by atoms with van der Waals surface area (Å²) in [5, 5.41) is 29.6. The molecule has 0 aliphatic heterocycles. The van der Waals surface area contributed by atoms with Crippen molar-refractivity contribution < 1.29 is 29.4 Å². The van der Waals surface area contributed by atoms with Gasteiger partial charge in [0.1, 0.15) is 0 Å². The molecule has 3 rings (SSSR count). The van der Waals surface area contributed by atoms with Gasteiger partial charge in [0.2, 0.25) is 0 Å². The number of nitriles is 1. The summed E-state index contributed by atoms with van der Waals surface area (Å²) in [6.07, 6.45) is 0. The normalized spacial score (nSPS) is 10.3. The average Bonchev–Trinajstić information content (AvgIpc) is 2.86. The number of hydrogen-bond acceptors (Lipinski definition) is 5. The molecule has 176 valence electrons. The molecule has 0 bridgehead atoms. The maximum atomic E-state index is 12.8. The Labute approximate surface area is 204 Å². The molecular formula is C25H18ClN3O6.